The molecule has 3 rings (SSSR count). The van der Waals surface area contributed by atoms with E-state index in [9.17, 15) is 0 Å². The number of hydrogen-bond donors (Lipinski definition) is 0. The monoisotopic (exact) mass is 233 g/mol. The lowest BCUT2D eigenvalue weighted by molar-refractivity contribution is -0.161. The first-order chi connectivity index (χ1) is 8.20. The van der Waals surface area contributed by atoms with Gasteiger partial charge in [0.2, 0.25) is 0 Å². The van der Waals surface area contributed by atoms with E-state index in [2.05, 4.69) is 24.9 Å². The number of nitrogens with zero attached hydrogens (tertiary/aromatic N) is 1. The van der Waals surface area contributed by atoms with Gasteiger partial charge in [-0.1, -0.05) is 13.8 Å². The van der Waals surface area contributed by atoms with Gasteiger partial charge in [0, 0.05) is 23.7 Å². The predicted molar refractivity (Wildman–Crippen MR) is 64.9 cm³/mol. The number of ether oxygens (including phenoxy) is 2. The van der Waals surface area contributed by atoms with Crippen LogP contribution >= 0.6 is 0 Å². The average Bonchev–Trinajstić information content (AvgIpc) is 2.66. The molecule has 0 N–H and O–H groups in total. The maximum Gasteiger partial charge on any atom is 0.146 e. The molecule has 0 radical (unpaired) electrons. The number of hydrogen-bond acceptors (Lipinski definition) is 3. The zero-order valence-electron chi connectivity index (χ0n) is 10.5. The van der Waals surface area contributed by atoms with Crippen LogP contribution in [0.3, 0.4) is 0 Å². The van der Waals surface area contributed by atoms with Crippen LogP contribution in [-0.2, 0) is 22.3 Å². The predicted octanol–water partition coefficient (Wildman–Crippen LogP) is 2.29. The van der Waals surface area contributed by atoms with E-state index in [1.54, 1.807) is 0 Å². The van der Waals surface area contributed by atoms with Crippen molar-refractivity contribution in [2.24, 2.45) is 5.41 Å². The van der Waals surface area contributed by atoms with Crippen LogP contribution in [0.15, 0.2) is 12.3 Å². The van der Waals surface area contributed by atoms with E-state index >= 15 is 0 Å². The molecule has 0 saturated carbocycles. The summed E-state index contributed by atoms with van der Waals surface area (Å²) >= 11 is 0. The molecule has 1 fully saturated rings. The molecule has 1 aromatic rings. The van der Waals surface area contributed by atoms with Crippen molar-refractivity contribution in [1.29, 1.82) is 0 Å². The summed E-state index contributed by atoms with van der Waals surface area (Å²) in [5.74, 6) is 0.562. The van der Waals surface area contributed by atoms with E-state index in [4.69, 9.17) is 9.47 Å². The van der Waals surface area contributed by atoms with Gasteiger partial charge in [-0.05, 0) is 29.5 Å². The van der Waals surface area contributed by atoms with Crippen molar-refractivity contribution in [3.63, 3.8) is 0 Å². The van der Waals surface area contributed by atoms with Crippen molar-refractivity contribution >= 4 is 0 Å². The smallest absolute Gasteiger partial charge is 0.146 e. The van der Waals surface area contributed by atoms with Gasteiger partial charge in [0.25, 0.3) is 0 Å². The van der Waals surface area contributed by atoms with Gasteiger partial charge in [-0.15, -0.1) is 0 Å². The molecule has 3 nitrogen and oxygen atoms in total. The van der Waals surface area contributed by atoms with Crippen molar-refractivity contribution in [2.75, 3.05) is 20.0 Å². The minimum Gasteiger partial charge on any atom is -0.355 e. The topological polar surface area (TPSA) is 31.4 Å². The Labute approximate surface area is 102 Å². The Morgan fingerprint density at radius 3 is 2.71 bits per heavy atom. The number of aromatic nitrogens is 1. The zero-order valence-corrected chi connectivity index (χ0v) is 10.5. The molecule has 0 unspecified atom stereocenters. The van der Waals surface area contributed by atoms with Gasteiger partial charge in [0.05, 0.1) is 13.2 Å². The molecular formula is C14H19NO2. The fourth-order valence-corrected chi connectivity index (χ4v) is 3.06. The average molecular weight is 233 g/mol. The number of fused-ring (bicyclic) bond motifs is 1. The summed E-state index contributed by atoms with van der Waals surface area (Å²) in [6, 6.07) is 2.16. The van der Waals surface area contributed by atoms with Gasteiger partial charge in [0.15, 0.2) is 0 Å². The van der Waals surface area contributed by atoms with Gasteiger partial charge in [-0.25, -0.2) is 0 Å². The Hall–Kier alpha value is -0.930. The van der Waals surface area contributed by atoms with Gasteiger partial charge in [-0.3, -0.25) is 4.98 Å². The number of rotatable bonds is 1. The minimum absolute atomic E-state index is 0.151. The van der Waals surface area contributed by atoms with Crippen molar-refractivity contribution in [1.82, 2.24) is 4.98 Å². The Kier molecular flexibility index (Phi) is 2.68. The van der Waals surface area contributed by atoms with Gasteiger partial charge < -0.3 is 9.47 Å². The zero-order chi connectivity index (χ0) is 11.9. The summed E-state index contributed by atoms with van der Waals surface area (Å²) in [6.45, 7) is 6.55. The van der Waals surface area contributed by atoms with E-state index in [1.807, 2.05) is 6.20 Å². The lowest BCUT2D eigenvalue weighted by Crippen LogP contribution is -2.38. The van der Waals surface area contributed by atoms with Crippen LogP contribution in [0.1, 0.15) is 36.6 Å². The minimum atomic E-state index is 0.151. The summed E-state index contributed by atoms with van der Waals surface area (Å²) in [5.41, 5.74) is 4.29. The van der Waals surface area contributed by atoms with E-state index in [0.717, 1.165) is 26.1 Å². The standard InChI is InChI=1S/C14H19NO2/c1-10(2)11-3-4-15-13-6-14(5-12(11)13)7-16-9-17-8-14/h3-4,10H,5-9H2,1-2H3. The van der Waals surface area contributed by atoms with Crippen LogP contribution in [0.25, 0.3) is 0 Å². The molecule has 0 bridgehead atoms. The quantitative estimate of drug-likeness (QED) is 0.746. The second-order valence-corrected chi connectivity index (χ2v) is 5.65. The molecule has 2 heterocycles. The van der Waals surface area contributed by atoms with E-state index < -0.39 is 0 Å². The molecule has 1 spiro atoms. The molecule has 92 valence electrons. The molecule has 0 aromatic carbocycles. The number of pyridine rings is 1. The third kappa shape index (κ3) is 1.87. The van der Waals surface area contributed by atoms with Crippen molar-refractivity contribution in [2.45, 2.75) is 32.6 Å². The fourth-order valence-electron chi connectivity index (χ4n) is 3.06. The van der Waals surface area contributed by atoms with Gasteiger partial charge in [0.1, 0.15) is 6.79 Å². The second kappa shape index (κ2) is 4.07. The highest BCUT2D eigenvalue weighted by Gasteiger charge is 2.41. The largest absolute Gasteiger partial charge is 0.355 e. The highest BCUT2D eigenvalue weighted by atomic mass is 16.7. The highest BCUT2D eigenvalue weighted by molar-refractivity contribution is 5.38. The summed E-state index contributed by atoms with van der Waals surface area (Å²) in [4.78, 5) is 4.54. The second-order valence-electron chi connectivity index (χ2n) is 5.65. The lowest BCUT2D eigenvalue weighted by Gasteiger charge is -2.32. The van der Waals surface area contributed by atoms with Gasteiger partial charge >= 0.3 is 0 Å². The molecule has 3 heteroatoms. The van der Waals surface area contributed by atoms with Crippen LogP contribution in [0.4, 0.5) is 0 Å². The van der Waals surface area contributed by atoms with Crippen molar-refractivity contribution < 1.29 is 9.47 Å². The first-order valence-corrected chi connectivity index (χ1v) is 6.32. The maximum atomic E-state index is 5.49. The van der Waals surface area contributed by atoms with Gasteiger partial charge in [-0.2, -0.15) is 0 Å². The third-order valence-electron chi connectivity index (χ3n) is 3.88. The van der Waals surface area contributed by atoms with E-state index in [0.29, 0.717) is 12.7 Å². The Balaban J connectivity index is 1.94. The van der Waals surface area contributed by atoms with Crippen LogP contribution in [-0.4, -0.2) is 25.0 Å². The van der Waals surface area contributed by atoms with Crippen LogP contribution in [0.5, 0.6) is 0 Å². The Morgan fingerprint density at radius 1 is 1.24 bits per heavy atom. The van der Waals surface area contributed by atoms with E-state index in [1.165, 1.54) is 16.8 Å². The Morgan fingerprint density at radius 2 is 2.00 bits per heavy atom. The van der Waals surface area contributed by atoms with E-state index in [-0.39, 0.29) is 5.41 Å². The first-order valence-electron chi connectivity index (χ1n) is 6.32. The SMILES string of the molecule is CC(C)c1ccnc2c1CC1(COCOC1)C2. The van der Waals surface area contributed by atoms with Crippen LogP contribution in [0.2, 0.25) is 0 Å². The molecule has 2 aliphatic rings. The summed E-state index contributed by atoms with van der Waals surface area (Å²) in [7, 11) is 0. The molecule has 0 atom stereocenters. The van der Waals surface area contributed by atoms with Crippen molar-refractivity contribution in [3.05, 3.63) is 29.1 Å². The van der Waals surface area contributed by atoms with Crippen molar-refractivity contribution in [3.8, 4) is 0 Å². The molecule has 17 heavy (non-hydrogen) atoms. The maximum absolute atomic E-state index is 5.49. The first kappa shape index (κ1) is 11.2. The summed E-state index contributed by atoms with van der Waals surface area (Å²) in [6.07, 6.45) is 4.00. The molecule has 1 aromatic heterocycles. The fraction of sp³-hybridized carbons (Fsp3) is 0.643. The molecule has 1 aliphatic carbocycles. The Bertz CT molecular complexity index is 422. The molecular weight excluding hydrogens is 214 g/mol. The van der Waals surface area contributed by atoms with Crippen LogP contribution in [0, 0.1) is 5.41 Å². The summed E-state index contributed by atoms with van der Waals surface area (Å²) < 4.78 is 11.0. The molecule has 1 aliphatic heterocycles. The molecule has 0 amide bonds. The lowest BCUT2D eigenvalue weighted by atomic mass is 9.85. The third-order valence-corrected chi connectivity index (χ3v) is 3.88. The van der Waals surface area contributed by atoms with Crippen LogP contribution < -0.4 is 0 Å². The summed E-state index contributed by atoms with van der Waals surface area (Å²) in [5, 5.41) is 0. The molecule has 1 saturated heterocycles. The highest BCUT2D eigenvalue weighted by Crippen LogP contribution is 2.40. The normalized spacial score (nSPS) is 22.1.